The number of hydrogen-bond acceptors (Lipinski definition) is 3. The molecule has 1 fully saturated rings. The van der Waals surface area contributed by atoms with Gasteiger partial charge in [0.15, 0.2) is 9.84 Å². The summed E-state index contributed by atoms with van der Waals surface area (Å²) in [6.45, 7) is 9.06. The molecule has 1 aromatic rings. The predicted molar refractivity (Wildman–Crippen MR) is 85.2 cm³/mol. The lowest BCUT2D eigenvalue weighted by atomic mass is 9.96. The van der Waals surface area contributed by atoms with Crippen molar-refractivity contribution in [2.75, 3.05) is 19.6 Å². The van der Waals surface area contributed by atoms with Crippen LogP contribution in [0.5, 0.6) is 0 Å². The van der Waals surface area contributed by atoms with Crippen LogP contribution in [0.3, 0.4) is 0 Å². The van der Waals surface area contributed by atoms with E-state index < -0.39 is 9.84 Å². The molecule has 1 aliphatic rings. The van der Waals surface area contributed by atoms with Crippen LogP contribution in [-0.2, 0) is 9.84 Å². The highest BCUT2D eigenvalue weighted by Crippen LogP contribution is 2.26. The van der Waals surface area contributed by atoms with Gasteiger partial charge >= 0.3 is 0 Å². The number of benzene rings is 1. The number of rotatable bonds is 3. The molecule has 1 aliphatic heterocycles. The van der Waals surface area contributed by atoms with Crippen LogP contribution in [-0.4, -0.2) is 38.2 Å². The first-order chi connectivity index (χ1) is 8.79. The summed E-state index contributed by atoms with van der Waals surface area (Å²) in [6, 6.07) is 8.81. The van der Waals surface area contributed by atoms with E-state index in [4.69, 9.17) is 0 Å². The van der Waals surface area contributed by atoms with Gasteiger partial charge in [-0.15, -0.1) is 12.4 Å². The average molecular weight is 318 g/mol. The SMILES string of the molecule is CC(C)(C)CN1CCC(S(=O)(=O)c2ccccc2)C1.Cl. The molecule has 0 N–H and O–H groups in total. The highest BCUT2D eigenvalue weighted by molar-refractivity contribution is 7.92. The van der Waals surface area contributed by atoms with Gasteiger partial charge in [0.2, 0.25) is 0 Å². The Hall–Kier alpha value is -0.580. The van der Waals surface area contributed by atoms with Crippen molar-refractivity contribution in [2.45, 2.75) is 37.3 Å². The second-order valence-electron chi connectivity index (χ2n) is 6.56. The summed E-state index contributed by atoms with van der Waals surface area (Å²) >= 11 is 0. The van der Waals surface area contributed by atoms with Crippen molar-refractivity contribution in [3.8, 4) is 0 Å². The van der Waals surface area contributed by atoms with E-state index >= 15 is 0 Å². The summed E-state index contributed by atoms with van der Waals surface area (Å²) in [5.74, 6) is 0. The lowest BCUT2D eigenvalue weighted by Gasteiger charge is -2.26. The molecule has 0 radical (unpaired) electrons. The molecule has 0 aromatic heterocycles. The Labute approximate surface area is 128 Å². The fourth-order valence-electron chi connectivity index (χ4n) is 2.67. The number of likely N-dealkylation sites (tertiary alicyclic amines) is 1. The molecule has 114 valence electrons. The Bertz CT molecular complexity index is 523. The number of halogens is 1. The van der Waals surface area contributed by atoms with E-state index in [1.807, 2.05) is 6.07 Å². The minimum absolute atomic E-state index is 0. The smallest absolute Gasteiger partial charge is 0.182 e. The summed E-state index contributed by atoms with van der Waals surface area (Å²) in [5, 5.41) is -0.253. The van der Waals surface area contributed by atoms with Gasteiger partial charge in [-0.2, -0.15) is 0 Å². The molecule has 0 amide bonds. The summed E-state index contributed by atoms with van der Waals surface area (Å²) in [6.07, 6.45) is 0.743. The van der Waals surface area contributed by atoms with Gasteiger partial charge in [0.1, 0.15) is 0 Å². The van der Waals surface area contributed by atoms with Gasteiger partial charge in [-0.3, -0.25) is 0 Å². The van der Waals surface area contributed by atoms with Crippen LogP contribution in [0.1, 0.15) is 27.2 Å². The van der Waals surface area contributed by atoms with Gasteiger partial charge in [-0.05, 0) is 30.5 Å². The van der Waals surface area contributed by atoms with Crippen molar-refractivity contribution in [1.82, 2.24) is 4.90 Å². The molecule has 0 aliphatic carbocycles. The molecule has 1 saturated heterocycles. The lowest BCUT2D eigenvalue weighted by Crippen LogP contribution is -2.33. The molecule has 3 nitrogen and oxygen atoms in total. The summed E-state index contributed by atoms with van der Waals surface area (Å²) in [7, 11) is -3.17. The van der Waals surface area contributed by atoms with Gasteiger partial charge in [0, 0.05) is 13.1 Å². The highest BCUT2D eigenvalue weighted by Gasteiger charge is 2.35. The monoisotopic (exact) mass is 317 g/mol. The van der Waals surface area contributed by atoms with Crippen LogP contribution in [0.15, 0.2) is 35.2 Å². The van der Waals surface area contributed by atoms with Crippen molar-refractivity contribution < 1.29 is 8.42 Å². The van der Waals surface area contributed by atoms with E-state index in [-0.39, 0.29) is 23.1 Å². The third kappa shape index (κ3) is 4.21. The van der Waals surface area contributed by atoms with Crippen LogP contribution in [0.25, 0.3) is 0 Å². The van der Waals surface area contributed by atoms with Gasteiger partial charge in [0.25, 0.3) is 0 Å². The molecular weight excluding hydrogens is 294 g/mol. The third-order valence-corrected chi connectivity index (χ3v) is 5.63. The Balaban J connectivity index is 0.00000200. The first kappa shape index (κ1) is 17.5. The second kappa shape index (κ2) is 6.46. The topological polar surface area (TPSA) is 37.4 Å². The molecule has 20 heavy (non-hydrogen) atoms. The van der Waals surface area contributed by atoms with E-state index in [1.165, 1.54) is 0 Å². The first-order valence-corrected chi connectivity index (χ1v) is 8.35. The molecule has 1 aromatic carbocycles. The normalized spacial score (nSPS) is 20.6. The Kier molecular flexibility index (Phi) is 5.64. The van der Waals surface area contributed by atoms with Crippen LogP contribution in [0.2, 0.25) is 0 Å². The Morgan fingerprint density at radius 2 is 1.80 bits per heavy atom. The maximum atomic E-state index is 12.5. The van der Waals surface area contributed by atoms with E-state index in [1.54, 1.807) is 24.3 Å². The van der Waals surface area contributed by atoms with Gasteiger partial charge in [-0.25, -0.2) is 8.42 Å². The van der Waals surface area contributed by atoms with Crippen LogP contribution >= 0.6 is 12.4 Å². The van der Waals surface area contributed by atoms with Crippen LogP contribution in [0, 0.1) is 5.41 Å². The molecular formula is C15H24ClNO2S. The number of nitrogens with zero attached hydrogens (tertiary/aromatic N) is 1. The second-order valence-corrected chi connectivity index (χ2v) is 8.79. The molecule has 5 heteroatoms. The molecule has 0 spiro atoms. The minimum atomic E-state index is -3.17. The van der Waals surface area contributed by atoms with Crippen molar-refractivity contribution in [3.63, 3.8) is 0 Å². The first-order valence-electron chi connectivity index (χ1n) is 6.80. The van der Waals surface area contributed by atoms with E-state index in [0.29, 0.717) is 11.4 Å². The number of hydrogen-bond donors (Lipinski definition) is 0. The zero-order chi connectivity index (χ0) is 14.1. The lowest BCUT2D eigenvalue weighted by molar-refractivity contribution is 0.227. The van der Waals surface area contributed by atoms with Crippen molar-refractivity contribution in [2.24, 2.45) is 5.41 Å². The molecule has 2 rings (SSSR count). The van der Waals surface area contributed by atoms with E-state index in [0.717, 1.165) is 19.5 Å². The molecule has 1 unspecified atom stereocenters. The summed E-state index contributed by atoms with van der Waals surface area (Å²) in [4.78, 5) is 2.73. The maximum absolute atomic E-state index is 12.5. The molecule has 0 saturated carbocycles. The predicted octanol–water partition coefficient (Wildman–Crippen LogP) is 3.00. The van der Waals surface area contributed by atoms with E-state index in [9.17, 15) is 8.42 Å². The average Bonchev–Trinajstić information content (AvgIpc) is 2.77. The van der Waals surface area contributed by atoms with Crippen LogP contribution < -0.4 is 0 Å². The largest absolute Gasteiger partial charge is 0.301 e. The maximum Gasteiger partial charge on any atom is 0.182 e. The zero-order valence-electron chi connectivity index (χ0n) is 12.4. The zero-order valence-corrected chi connectivity index (χ0v) is 14.0. The molecule has 1 atom stereocenters. The molecule has 1 heterocycles. The third-order valence-electron chi connectivity index (χ3n) is 3.44. The molecule has 0 bridgehead atoms. The standard InChI is InChI=1S/C15H23NO2S.ClH/c1-15(2,3)12-16-10-9-14(11-16)19(17,18)13-7-5-4-6-8-13;/h4-8,14H,9-12H2,1-3H3;1H. The fourth-order valence-corrected chi connectivity index (χ4v) is 4.41. The van der Waals surface area contributed by atoms with Gasteiger partial charge < -0.3 is 4.90 Å². The van der Waals surface area contributed by atoms with E-state index in [2.05, 4.69) is 25.7 Å². The highest BCUT2D eigenvalue weighted by atomic mass is 35.5. The van der Waals surface area contributed by atoms with Crippen molar-refractivity contribution in [1.29, 1.82) is 0 Å². The van der Waals surface area contributed by atoms with Gasteiger partial charge in [0.05, 0.1) is 10.1 Å². The van der Waals surface area contributed by atoms with Crippen LogP contribution in [0.4, 0.5) is 0 Å². The Morgan fingerprint density at radius 3 is 2.35 bits per heavy atom. The van der Waals surface area contributed by atoms with Crippen molar-refractivity contribution in [3.05, 3.63) is 30.3 Å². The van der Waals surface area contributed by atoms with Gasteiger partial charge in [-0.1, -0.05) is 39.0 Å². The van der Waals surface area contributed by atoms with Crippen molar-refractivity contribution >= 4 is 22.2 Å². The minimum Gasteiger partial charge on any atom is -0.301 e. The quantitative estimate of drug-likeness (QED) is 0.860. The summed E-state index contributed by atoms with van der Waals surface area (Å²) < 4.78 is 25.0. The Morgan fingerprint density at radius 1 is 1.20 bits per heavy atom. The summed E-state index contributed by atoms with van der Waals surface area (Å²) in [5.41, 5.74) is 0.214. The number of sulfone groups is 1. The fraction of sp³-hybridized carbons (Fsp3) is 0.600.